The van der Waals surface area contributed by atoms with Gasteiger partial charge in [-0.25, -0.2) is 10.2 Å². The van der Waals surface area contributed by atoms with Crippen molar-refractivity contribution in [3.63, 3.8) is 0 Å². The molecule has 0 unspecified atom stereocenters. The number of aryl methyl sites for hydroxylation is 1. The Balaban J connectivity index is 1.49. The molecule has 182 valence electrons. The van der Waals surface area contributed by atoms with Crippen LogP contribution in [0.4, 0.5) is 5.95 Å². The van der Waals surface area contributed by atoms with E-state index in [-0.39, 0.29) is 11.6 Å². The van der Waals surface area contributed by atoms with E-state index in [2.05, 4.69) is 21.2 Å². The van der Waals surface area contributed by atoms with E-state index in [0.717, 1.165) is 10.1 Å². The Hall–Kier alpha value is -4.38. The van der Waals surface area contributed by atoms with Crippen LogP contribution >= 0.6 is 0 Å². The van der Waals surface area contributed by atoms with E-state index in [1.807, 2.05) is 30.3 Å². The van der Waals surface area contributed by atoms with Gasteiger partial charge in [0.2, 0.25) is 5.95 Å². The van der Waals surface area contributed by atoms with E-state index in [1.165, 1.54) is 11.6 Å². The number of hydrogen-bond donors (Lipinski definition) is 3. The fourth-order valence-corrected chi connectivity index (χ4v) is 3.69. The van der Waals surface area contributed by atoms with Crippen molar-refractivity contribution in [1.82, 2.24) is 29.4 Å². The molecule has 2 aromatic heterocycles. The zero-order valence-corrected chi connectivity index (χ0v) is 19.7. The van der Waals surface area contributed by atoms with Crippen LogP contribution < -0.4 is 32.2 Å². The summed E-state index contributed by atoms with van der Waals surface area (Å²) in [6.45, 7) is 1.10. The second-order valence-corrected chi connectivity index (χ2v) is 7.92. The van der Waals surface area contributed by atoms with Crippen LogP contribution in [0, 0.1) is 0 Å². The highest BCUT2D eigenvalue weighted by atomic mass is 16.5. The third kappa shape index (κ3) is 4.94. The lowest BCUT2D eigenvalue weighted by molar-refractivity contribution is 0.0954. The summed E-state index contributed by atoms with van der Waals surface area (Å²) in [6.07, 6.45) is 0. The van der Waals surface area contributed by atoms with Crippen molar-refractivity contribution in [2.75, 3.05) is 25.6 Å². The number of nitrogens with zero attached hydrogens (tertiary/aromatic N) is 4. The molecular weight excluding hydrogens is 450 g/mol. The van der Waals surface area contributed by atoms with Crippen LogP contribution in [0.3, 0.4) is 0 Å². The first-order valence-corrected chi connectivity index (χ1v) is 11.0. The van der Waals surface area contributed by atoms with Gasteiger partial charge in [0.25, 0.3) is 11.5 Å². The summed E-state index contributed by atoms with van der Waals surface area (Å²) in [5, 5.41) is 2.83. The molecule has 0 aliphatic heterocycles. The van der Waals surface area contributed by atoms with Crippen LogP contribution in [-0.2, 0) is 20.6 Å². The van der Waals surface area contributed by atoms with Crippen molar-refractivity contribution in [3.8, 4) is 5.75 Å². The van der Waals surface area contributed by atoms with Gasteiger partial charge >= 0.3 is 5.69 Å². The monoisotopic (exact) mass is 477 g/mol. The molecule has 2 heterocycles. The number of methoxy groups -OCH3 is 1. The molecular formula is C24H27N7O4. The number of hydrogen-bond acceptors (Lipinski definition) is 7. The smallest absolute Gasteiger partial charge is 0.332 e. The molecule has 4 rings (SSSR count). The highest BCUT2D eigenvalue weighted by Gasteiger charge is 2.19. The lowest BCUT2D eigenvalue weighted by atomic mass is 10.2. The standard InChI is InChI=1S/C24H27N7O4/c1-29-20-19(22(33)30(2)24(29)34)31(15-16-7-5-4-6-8-16)23(27-20)28-26-14-13-25-21(32)17-9-11-18(35-3)12-10-17/h4-12,26H,13-15H2,1-3H3,(H,25,32)(H,27,28). The summed E-state index contributed by atoms with van der Waals surface area (Å²) < 4.78 is 9.25. The number of rotatable bonds is 9. The molecule has 0 aliphatic rings. The average molecular weight is 478 g/mol. The second kappa shape index (κ2) is 10.3. The van der Waals surface area contributed by atoms with E-state index in [1.54, 1.807) is 43.0 Å². The topological polar surface area (TPSA) is 124 Å². The Kier molecular flexibility index (Phi) is 6.97. The number of aromatic nitrogens is 4. The van der Waals surface area contributed by atoms with Gasteiger partial charge in [-0.15, -0.1) is 0 Å². The van der Waals surface area contributed by atoms with Crippen molar-refractivity contribution < 1.29 is 9.53 Å². The molecule has 0 fully saturated rings. The predicted octanol–water partition coefficient (Wildman–Crippen LogP) is 0.837. The third-order valence-corrected chi connectivity index (χ3v) is 5.62. The summed E-state index contributed by atoms with van der Waals surface area (Å²) in [5.74, 6) is 0.853. The molecule has 11 heteroatoms. The van der Waals surface area contributed by atoms with Crippen LogP contribution in [0.2, 0.25) is 0 Å². The zero-order chi connectivity index (χ0) is 24.9. The molecule has 0 saturated heterocycles. The highest BCUT2D eigenvalue weighted by molar-refractivity contribution is 5.94. The van der Waals surface area contributed by atoms with Gasteiger partial charge < -0.3 is 10.1 Å². The SMILES string of the molecule is COc1ccc(C(=O)NCCNNc2nc3c(c(=O)n(C)c(=O)n3C)n2Cc2ccccc2)cc1. The molecule has 0 spiro atoms. The van der Waals surface area contributed by atoms with Crippen LogP contribution in [-0.4, -0.2) is 44.8 Å². The fraction of sp³-hybridized carbons (Fsp3) is 0.250. The maximum absolute atomic E-state index is 12.9. The van der Waals surface area contributed by atoms with Gasteiger partial charge in [0, 0.05) is 32.7 Å². The first-order valence-electron chi connectivity index (χ1n) is 11.0. The maximum Gasteiger partial charge on any atom is 0.332 e. The van der Waals surface area contributed by atoms with Gasteiger partial charge in [0.1, 0.15) is 5.75 Å². The number of amides is 1. The molecule has 3 N–H and O–H groups in total. The first kappa shape index (κ1) is 23.8. The lowest BCUT2D eigenvalue weighted by Crippen LogP contribution is -2.37. The Morgan fingerprint density at radius 3 is 2.37 bits per heavy atom. The minimum atomic E-state index is -0.451. The van der Waals surface area contributed by atoms with Gasteiger partial charge in [-0.1, -0.05) is 30.3 Å². The van der Waals surface area contributed by atoms with Crippen LogP contribution in [0.5, 0.6) is 5.75 Å². The predicted molar refractivity (Wildman–Crippen MR) is 133 cm³/mol. The minimum Gasteiger partial charge on any atom is -0.497 e. The van der Waals surface area contributed by atoms with Gasteiger partial charge in [-0.3, -0.25) is 28.7 Å². The lowest BCUT2D eigenvalue weighted by Gasteiger charge is -2.12. The van der Waals surface area contributed by atoms with Gasteiger partial charge in [-0.2, -0.15) is 4.98 Å². The number of carbonyl (C=O) groups excluding carboxylic acids is 1. The molecule has 0 saturated carbocycles. The zero-order valence-electron chi connectivity index (χ0n) is 19.7. The number of carbonyl (C=O) groups is 1. The van der Waals surface area contributed by atoms with E-state index in [4.69, 9.17) is 4.74 Å². The van der Waals surface area contributed by atoms with E-state index in [9.17, 15) is 14.4 Å². The summed E-state index contributed by atoms with van der Waals surface area (Å²) in [6, 6.07) is 16.5. The number of nitrogens with one attached hydrogen (secondary N) is 3. The van der Waals surface area contributed by atoms with Crippen LogP contribution in [0.25, 0.3) is 11.2 Å². The number of fused-ring (bicyclic) bond motifs is 1. The third-order valence-electron chi connectivity index (χ3n) is 5.62. The van der Waals surface area contributed by atoms with Crippen molar-refractivity contribution in [3.05, 3.63) is 86.6 Å². The molecule has 0 aliphatic carbocycles. The van der Waals surface area contributed by atoms with Crippen molar-refractivity contribution in [2.45, 2.75) is 6.54 Å². The van der Waals surface area contributed by atoms with Crippen LogP contribution in [0.1, 0.15) is 15.9 Å². The number of benzene rings is 2. The quantitative estimate of drug-likeness (QED) is 0.241. The molecule has 0 atom stereocenters. The largest absolute Gasteiger partial charge is 0.497 e. The summed E-state index contributed by atoms with van der Waals surface area (Å²) in [7, 11) is 4.59. The van der Waals surface area contributed by atoms with Crippen LogP contribution in [0.15, 0.2) is 64.2 Å². The second-order valence-electron chi connectivity index (χ2n) is 7.92. The molecule has 4 aromatic rings. The summed E-state index contributed by atoms with van der Waals surface area (Å²) in [5.41, 5.74) is 7.25. The Morgan fingerprint density at radius 1 is 0.971 bits per heavy atom. The van der Waals surface area contributed by atoms with Crippen molar-refractivity contribution >= 4 is 23.0 Å². The molecule has 0 bridgehead atoms. The molecule has 35 heavy (non-hydrogen) atoms. The maximum atomic E-state index is 12.9. The van der Waals surface area contributed by atoms with E-state index in [0.29, 0.717) is 42.4 Å². The van der Waals surface area contributed by atoms with Gasteiger partial charge in [0.15, 0.2) is 11.2 Å². The average Bonchev–Trinajstić information content (AvgIpc) is 3.24. The summed E-state index contributed by atoms with van der Waals surface area (Å²) >= 11 is 0. The van der Waals surface area contributed by atoms with Gasteiger partial charge in [0.05, 0.1) is 13.7 Å². The number of anilines is 1. The Labute approximate surface area is 200 Å². The fourth-order valence-electron chi connectivity index (χ4n) is 3.69. The van der Waals surface area contributed by atoms with Gasteiger partial charge in [-0.05, 0) is 29.8 Å². The molecule has 11 nitrogen and oxygen atoms in total. The summed E-state index contributed by atoms with van der Waals surface area (Å²) in [4.78, 5) is 42.1. The highest BCUT2D eigenvalue weighted by Crippen LogP contribution is 2.17. The van der Waals surface area contributed by atoms with Crippen molar-refractivity contribution in [2.24, 2.45) is 14.1 Å². The molecule has 2 aromatic carbocycles. The number of hydrazine groups is 1. The molecule has 1 amide bonds. The van der Waals surface area contributed by atoms with E-state index >= 15 is 0 Å². The normalized spacial score (nSPS) is 10.9. The van der Waals surface area contributed by atoms with E-state index < -0.39 is 11.2 Å². The first-order chi connectivity index (χ1) is 16.9. The molecule has 0 radical (unpaired) electrons. The number of imidazole rings is 1. The Bertz CT molecular complexity index is 1450. The van der Waals surface area contributed by atoms with Crippen molar-refractivity contribution in [1.29, 1.82) is 0 Å². The minimum absolute atomic E-state index is 0.204. The Morgan fingerprint density at radius 2 is 1.69 bits per heavy atom. The number of ether oxygens (including phenoxy) is 1.